The molecule has 0 spiro atoms. The summed E-state index contributed by atoms with van der Waals surface area (Å²) in [6.45, 7) is 3.86. The molecule has 0 radical (unpaired) electrons. The number of aromatic nitrogens is 2. The number of esters is 2. The lowest BCUT2D eigenvalue weighted by Crippen LogP contribution is -2.29. The molecule has 0 N–H and O–H groups in total. The molecule has 0 aliphatic carbocycles. The smallest absolute Gasteiger partial charge is 0.347 e. The lowest BCUT2D eigenvalue weighted by atomic mass is 10.1. The first kappa shape index (κ1) is 18.0. The van der Waals surface area contributed by atoms with Gasteiger partial charge >= 0.3 is 11.9 Å². The van der Waals surface area contributed by atoms with E-state index in [0.717, 1.165) is 0 Å². The second-order valence-corrected chi connectivity index (χ2v) is 6.08. The highest BCUT2D eigenvalue weighted by atomic mass is 35.5. The largest absolute Gasteiger partial charge is 0.466 e. The van der Waals surface area contributed by atoms with Gasteiger partial charge in [0.15, 0.2) is 6.10 Å². The lowest BCUT2D eigenvalue weighted by Gasteiger charge is -2.16. The maximum atomic E-state index is 12.3. The molecule has 0 saturated heterocycles. The average molecular weight is 351 g/mol. The Morgan fingerprint density at radius 1 is 1.29 bits per heavy atom. The van der Waals surface area contributed by atoms with Crippen LogP contribution in [-0.4, -0.2) is 34.9 Å². The molecule has 1 atom stereocenters. The zero-order valence-electron chi connectivity index (χ0n) is 13.7. The summed E-state index contributed by atoms with van der Waals surface area (Å²) >= 11 is 6.11. The predicted molar refractivity (Wildman–Crippen MR) is 89.2 cm³/mol. The van der Waals surface area contributed by atoms with Crippen LogP contribution in [0.25, 0.3) is 5.69 Å². The maximum Gasteiger partial charge on any atom is 0.347 e. The molecular weight excluding hydrogens is 332 g/mol. The van der Waals surface area contributed by atoms with Gasteiger partial charge in [-0.05, 0) is 24.5 Å². The normalized spacial score (nSPS) is 12.0. The number of methoxy groups -OCH3 is 1. The van der Waals surface area contributed by atoms with E-state index in [-0.39, 0.29) is 11.5 Å². The fraction of sp³-hybridized carbons (Fsp3) is 0.353. The van der Waals surface area contributed by atoms with Gasteiger partial charge in [-0.15, -0.1) is 0 Å². The maximum absolute atomic E-state index is 12.3. The zero-order chi connectivity index (χ0) is 17.7. The molecule has 2 aromatic rings. The first-order chi connectivity index (χ1) is 11.4. The van der Waals surface area contributed by atoms with Crippen molar-refractivity contribution in [3.63, 3.8) is 0 Å². The van der Waals surface area contributed by atoms with Gasteiger partial charge in [0.25, 0.3) is 0 Å². The number of carbonyl (C=O) groups is 2. The van der Waals surface area contributed by atoms with E-state index in [0.29, 0.717) is 17.1 Å². The number of nitrogens with zero attached hydrogens (tertiary/aromatic N) is 2. The summed E-state index contributed by atoms with van der Waals surface area (Å²) in [4.78, 5) is 24.0. The van der Waals surface area contributed by atoms with E-state index in [1.807, 2.05) is 19.9 Å². The van der Waals surface area contributed by atoms with Crippen molar-refractivity contribution in [2.75, 3.05) is 7.11 Å². The van der Waals surface area contributed by atoms with Gasteiger partial charge in [0.1, 0.15) is 0 Å². The molecule has 128 valence electrons. The Labute approximate surface area is 145 Å². The lowest BCUT2D eigenvalue weighted by molar-refractivity contribution is -0.151. The predicted octanol–water partition coefficient (Wildman–Crippen LogP) is 3.27. The molecule has 7 heteroatoms. The minimum atomic E-state index is -0.939. The van der Waals surface area contributed by atoms with Gasteiger partial charge < -0.3 is 9.47 Å². The van der Waals surface area contributed by atoms with Crippen LogP contribution in [0, 0.1) is 5.92 Å². The third-order valence-electron chi connectivity index (χ3n) is 3.32. The minimum absolute atomic E-state index is 0.174. The second kappa shape index (κ2) is 7.97. The SMILES string of the molecule is COC(=O)C(CC(C)C)OC(=O)c1cnn(-c2ccccc2Cl)c1. The van der Waals surface area contributed by atoms with Crippen LogP contribution in [0.4, 0.5) is 0 Å². The second-order valence-electron chi connectivity index (χ2n) is 5.67. The van der Waals surface area contributed by atoms with E-state index >= 15 is 0 Å². The van der Waals surface area contributed by atoms with Crippen molar-refractivity contribution in [1.29, 1.82) is 0 Å². The van der Waals surface area contributed by atoms with Crippen molar-refractivity contribution in [1.82, 2.24) is 9.78 Å². The first-order valence-electron chi connectivity index (χ1n) is 7.50. The van der Waals surface area contributed by atoms with Crippen molar-refractivity contribution in [2.45, 2.75) is 26.4 Å². The molecule has 1 aromatic heterocycles. The van der Waals surface area contributed by atoms with Gasteiger partial charge in [-0.2, -0.15) is 5.10 Å². The molecule has 0 bridgehead atoms. The van der Waals surface area contributed by atoms with Crippen LogP contribution >= 0.6 is 11.6 Å². The summed E-state index contributed by atoms with van der Waals surface area (Å²) in [5, 5.41) is 4.62. The van der Waals surface area contributed by atoms with Gasteiger partial charge in [-0.3, -0.25) is 0 Å². The van der Waals surface area contributed by atoms with Crippen molar-refractivity contribution >= 4 is 23.5 Å². The van der Waals surface area contributed by atoms with E-state index in [4.69, 9.17) is 16.3 Å². The van der Waals surface area contributed by atoms with E-state index in [1.54, 1.807) is 18.2 Å². The van der Waals surface area contributed by atoms with Crippen LogP contribution < -0.4 is 0 Å². The van der Waals surface area contributed by atoms with Crippen LogP contribution in [0.3, 0.4) is 0 Å². The zero-order valence-corrected chi connectivity index (χ0v) is 14.5. The number of para-hydroxylation sites is 1. The highest BCUT2D eigenvalue weighted by molar-refractivity contribution is 6.32. The highest BCUT2D eigenvalue weighted by Gasteiger charge is 2.26. The van der Waals surface area contributed by atoms with E-state index in [1.165, 1.54) is 24.2 Å². The molecule has 1 unspecified atom stereocenters. The summed E-state index contributed by atoms with van der Waals surface area (Å²) in [7, 11) is 1.26. The fourth-order valence-corrected chi connectivity index (χ4v) is 2.37. The fourth-order valence-electron chi connectivity index (χ4n) is 2.15. The van der Waals surface area contributed by atoms with Gasteiger partial charge in [-0.1, -0.05) is 37.6 Å². The number of benzene rings is 1. The number of rotatable bonds is 6. The summed E-state index contributed by atoms with van der Waals surface area (Å²) < 4.78 is 11.4. The van der Waals surface area contributed by atoms with Crippen molar-refractivity contribution in [3.8, 4) is 5.69 Å². The van der Waals surface area contributed by atoms with Crippen molar-refractivity contribution in [2.24, 2.45) is 5.92 Å². The molecule has 1 aromatic carbocycles. The highest BCUT2D eigenvalue weighted by Crippen LogP contribution is 2.20. The Hall–Kier alpha value is -2.34. The van der Waals surface area contributed by atoms with Crippen LogP contribution in [-0.2, 0) is 14.3 Å². The Balaban J connectivity index is 2.15. The number of hydrogen-bond donors (Lipinski definition) is 0. The molecule has 24 heavy (non-hydrogen) atoms. The number of ether oxygens (including phenoxy) is 2. The van der Waals surface area contributed by atoms with Gasteiger partial charge in [0.2, 0.25) is 0 Å². The quantitative estimate of drug-likeness (QED) is 0.748. The number of hydrogen-bond acceptors (Lipinski definition) is 5. The van der Waals surface area contributed by atoms with Crippen LogP contribution in [0.5, 0.6) is 0 Å². The molecule has 0 aliphatic heterocycles. The third-order valence-corrected chi connectivity index (χ3v) is 3.64. The molecule has 0 fully saturated rings. The summed E-state index contributed by atoms with van der Waals surface area (Å²) in [6.07, 6.45) is 2.32. The van der Waals surface area contributed by atoms with Gasteiger partial charge in [-0.25, -0.2) is 14.3 Å². The monoisotopic (exact) mass is 350 g/mol. The molecule has 0 aliphatic rings. The Morgan fingerprint density at radius 3 is 2.62 bits per heavy atom. The van der Waals surface area contributed by atoms with Gasteiger partial charge in [0.05, 0.1) is 29.6 Å². The number of halogens is 1. The third kappa shape index (κ3) is 4.35. The van der Waals surface area contributed by atoms with Crippen molar-refractivity contribution < 1.29 is 19.1 Å². The van der Waals surface area contributed by atoms with Crippen molar-refractivity contribution in [3.05, 3.63) is 47.2 Å². The summed E-state index contributed by atoms with van der Waals surface area (Å²) in [5.74, 6) is -1.03. The first-order valence-corrected chi connectivity index (χ1v) is 7.88. The molecular formula is C17H19ClN2O4. The van der Waals surface area contributed by atoms with E-state index in [2.05, 4.69) is 9.84 Å². The minimum Gasteiger partial charge on any atom is -0.466 e. The molecule has 0 amide bonds. The Bertz CT molecular complexity index is 727. The van der Waals surface area contributed by atoms with Crippen LogP contribution in [0.1, 0.15) is 30.6 Å². The standard InChI is InChI=1S/C17H19ClN2O4/c1-11(2)8-15(17(22)23-3)24-16(21)12-9-19-20(10-12)14-7-5-4-6-13(14)18/h4-7,9-11,15H,8H2,1-3H3. The van der Waals surface area contributed by atoms with Crippen LogP contribution in [0.15, 0.2) is 36.7 Å². The number of carbonyl (C=O) groups excluding carboxylic acids is 2. The van der Waals surface area contributed by atoms with Gasteiger partial charge in [0, 0.05) is 6.20 Å². The topological polar surface area (TPSA) is 70.4 Å². The average Bonchev–Trinajstić information content (AvgIpc) is 3.03. The van der Waals surface area contributed by atoms with Crippen LogP contribution in [0.2, 0.25) is 5.02 Å². The molecule has 2 rings (SSSR count). The Kier molecular flexibility index (Phi) is 5.98. The summed E-state index contributed by atoms with van der Waals surface area (Å²) in [6, 6.07) is 7.13. The van der Waals surface area contributed by atoms with E-state index < -0.39 is 18.0 Å². The molecule has 1 heterocycles. The molecule has 0 saturated carbocycles. The Morgan fingerprint density at radius 2 is 2.00 bits per heavy atom. The molecule has 6 nitrogen and oxygen atoms in total. The van der Waals surface area contributed by atoms with E-state index in [9.17, 15) is 9.59 Å². The summed E-state index contributed by atoms with van der Waals surface area (Å²) in [5.41, 5.74) is 0.873.